The number of unbranched alkanes of at least 4 members (excludes halogenated alkanes) is 1. The molecule has 56 heavy (non-hydrogen) atoms. The number of nitrogens with one attached hydrogen (secondary N) is 2. The van der Waals surface area contributed by atoms with E-state index in [1.54, 1.807) is 16.9 Å². The summed E-state index contributed by atoms with van der Waals surface area (Å²) >= 11 is 0. The Bertz CT molecular complexity index is 1940. The summed E-state index contributed by atoms with van der Waals surface area (Å²) in [5.41, 5.74) is 2.02. The SMILES string of the molecule is CCOc1ccc2c(c1)CC(NCCCCO)C(=O)N2c1ccc2c(c1)[C@]1(O[C@@H](CC(=O)N3CCC[C@H]3CO)[C@H]([Si](C)(C)c3ccc(OC)cc3)[C@H]1C)C(=O)N2. The van der Waals surface area contributed by atoms with Crippen LogP contribution in [0.25, 0.3) is 0 Å². The van der Waals surface area contributed by atoms with Crippen molar-refractivity contribution in [1.29, 1.82) is 0 Å². The molecule has 3 aromatic carbocycles. The molecule has 2 saturated heterocycles. The summed E-state index contributed by atoms with van der Waals surface area (Å²) in [6.45, 7) is 10.2. The Hall–Kier alpha value is -4.27. The fourth-order valence-electron chi connectivity index (χ4n) is 9.82. The van der Waals surface area contributed by atoms with Gasteiger partial charge in [-0.15, -0.1) is 0 Å². The van der Waals surface area contributed by atoms with E-state index in [-0.39, 0.29) is 54.9 Å². The van der Waals surface area contributed by atoms with Gasteiger partial charge in [0.05, 0.1) is 58.7 Å². The second kappa shape index (κ2) is 16.3. The average Bonchev–Trinajstić information content (AvgIpc) is 3.87. The lowest BCUT2D eigenvalue weighted by atomic mass is 9.82. The lowest BCUT2D eigenvalue weighted by Crippen LogP contribution is -2.52. The Balaban J connectivity index is 1.30. The van der Waals surface area contributed by atoms with Crippen LogP contribution in [0.2, 0.25) is 18.6 Å². The molecule has 3 amide bonds. The maximum Gasteiger partial charge on any atom is 0.261 e. The third kappa shape index (κ3) is 7.02. The number of anilines is 3. The van der Waals surface area contributed by atoms with Gasteiger partial charge in [0.1, 0.15) is 11.5 Å². The van der Waals surface area contributed by atoms with E-state index in [1.165, 1.54) is 0 Å². The summed E-state index contributed by atoms with van der Waals surface area (Å²) < 4.78 is 18.5. The lowest BCUT2D eigenvalue weighted by molar-refractivity contribution is -0.148. The number of likely N-dealkylation sites (tertiary alicyclic amines) is 1. The number of hydrogen-bond donors (Lipinski definition) is 4. The summed E-state index contributed by atoms with van der Waals surface area (Å²) in [5.74, 6) is 0.671. The van der Waals surface area contributed by atoms with Crippen molar-refractivity contribution in [3.05, 3.63) is 71.8 Å². The van der Waals surface area contributed by atoms with Crippen LogP contribution >= 0.6 is 0 Å². The molecule has 0 aromatic heterocycles. The van der Waals surface area contributed by atoms with Gasteiger partial charge in [-0.1, -0.05) is 37.3 Å². The van der Waals surface area contributed by atoms with Gasteiger partial charge in [-0.3, -0.25) is 19.3 Å². The minimum atomic E-state index is -2.51. The molecule has 0 bridgehead atoms. The third-order valence-electron chi connectivity index (χ3n) is 12.6. The summed E-state index contributed by atoms with van der Waals surface area (Å²) in [7, 11) is -0.869. The molecule has 7 rings (SSSR count). The molecule has 300 valence electrons. The standard InChI is InChI=1S/C43H56N4O8Si/c1-6-54-32-14-18-37-28(22-32)23-36(44-19-7-8-21-48)41(51)47(37)29-11-17-35-34(24-29)43(42(52)45-35)27(2)40(56(4,5)33-15-12-31(53-3)13-16-33)38(55-43)25-39(50)46-20-9-10-30(46)26-49/h11-18,22,24,27,30,36,38,40,44,48-49H,6-10,19-21,23,25-26H2,1-5H3,(H,45,52)/t27-,30+,36?,38+,40-,43+/m1/s1. The van der Waals surface area contributed by atoms with E-state index in [9.17, 15) is 24.6 Å². The zero-order valence-electron chi connectivity index (χ0n) is 33.2. The van der Waals surface area contributed by atoms with Crippen LogP contribution in [0, 0.1) is 5.92 Å². The number of carbonyl (C=O) groups excluding carboxylic acids is 3. The number of methoxy groups -OCH3 is 1. The Morgan fingerprint density at radius 3 is 2.54 bits per heavy atom. The second-order valence-corrected chi connectivity index (χ2v) is 20.8. The number of aliphatic hydroxyl groups excluding tert-OH is 2. The van der Waals surface area contributed by atoms with E-state index >= 15 is 0 Å². The predicted molar refractivity (Wildman–Crippen MR) is 218 cm³/mol. The first-order valence-corrected chi connectivity index (χ1v) is 23.2. The summed E-state index contributed by atoms with van der Waals surface area (Å²) in [6.07, 6.45) is 2.95. The van der Waals surface area contributed by atoms with E-state index in [4.69, 9.17) is 14.2 Å². The molecule has 4 heterocycles. The molecular weight excluding hydrogens is 729 g/mol. The first kappa shape index (κ1) is 39.9. The molecule has 0 aliphatic carbocycles. The zero-order chi connectivity index (χ0) is 39.8. The molecule has 0 radical (unpaired) electrons. The molecular formula is C43H56N4O8Si. The number of hydrogen-bond acceptors (Lipinski definition) is 9. The molecule has 3 aromatic rings. The monoisotopic (exact) mass is 784 g/mol. The van der Waals surface area contributed by atoms with Gasteiger partial charge in [0, 0.05) is 36.0 Å². The van der Waals surface area contributed by atoms with Crippen LogP contribution in [-0.2, 0) is 31.1 Å². The molecule has 1 spiro atoms. The van der Waals surface area contributed by atoms with E-state index < -0.39 is 25.8 Å². The van der Waals surface area contributed by atoms with Crippen molar-refractivity contribution >= 4 is 48.0 Å². The summed E-state index contributed by atoms with van der Waals surface area (Å²) in [6, 6.07) is 18.8. The Labute approximate surface area is 330 Å². The largest absolute Gasteiger partial charge is 0.497 e. The maximum absolute atomic E-state index is 14.5. The highest BCUT2D eigenvalue weighted by atomic mass is 28.3. The van der Waals surface area contributed by atoms with Gasteiger partial charge >= 0.3 is 0 Å². The van der Waals surface area contributed by atoms with Gasteiger partial charge in [-0.25, -0.2) is 0 Å². The molecule has 4 N–H and O–H groups in total. The topological polar surface area (TPSA) is 150 Å². The van der Waals surface area contributed by atoms with Crippen molar-refractivity contribution in [3.8, 4) is 11.5 Å². The molecule has 12 nitrogen and oxygen atoms in total. The number of ether oxygens (including phenoxy) is 3. The van der Waals surface area contributed by atoms with Crippen LogP contribution in [-0.4, -0.2) is 99.1 Å². The lowest BCUT2D eigenvalue weighted by Gasteiger charge is -2.37. The molecule has 1 unspecified atom stereocenters. The number of fused-ring (bicyclic) bond motifs is 3. The van der Waals surface area contributed by atoms with Gasteiger partial charge in [-0.05, 0) is 105 Å². The van der Waals surface area contributed by atoms with Gasteiger partial charge in [0.15, 0.2) is 5.60 Å². The van der Waals surface area contributed by atoms with Crippen molar-refractivity contribution in [1.82, 2.24) is 10.2 Å². The van der Waals surface area contributed by atoms with Crippen LogP contribution in [0.15, 0.2) is 60.7 Å². The van der Waals surface area contributed by atoms with E-state index in [0.717, 1.165) is 47.2 Å². The summed E-state index contributed by atoms with van der Waals surface area (Å²) in [5, 5.41) is 27.1. The van der Waals surface area contributed by atoms with Gasteiger partial charge in [0.25, 0.3) is 5.91 Å². The molecule has 6 atom stereocenters. The maximum atomic E-state index is 14.5. The molecule has 0 saturated carbocycles. The van der Waals surface area contributed by atoms with Crippen LogP contribution < -0.4 is 30.2 Å². The Morgan fingerprint density at radius 1 is 1.05 bits per heavy atom. The minimum absolute atomic E-state index is 0.0767. The van der Waals surface area contributed by atoms with Crippen molar-refractivity contribution in [2.75, 3.05) is 50.2 Å². The zero-order valence-corrected chi connectivity index (χ0v) is 34.2. The molecule has 4 aliphatic rings. The number of rotatable bonds is 14. The van der Waals surface area contributed by atoms with Crippen LogP contribution in [0.5, 0.6) is 11.5 Å². The van der Waals surface area contributed by atoms with Crippen LogP contribution in [0.3, 0.4) is 0 Å². The predicted octanol–water partition coefficient (Wildman–Crippen LogP) is 4.59. The number of aliphatic hydroxyl groups is 2. The van der Waals surface area contributed by atoms with Crippen molar-refractivity contribution in [2.45, 2.75) is 94.8 Å². The highest BCUT2D eigenvalue weighted by Crippen LogP contribution is 2.59. The van der Waals surface area contributed by atoms with Gasteiger partial charge in [-0.2, -0.15) is 0 Å². The third-order valence-corrected chi connectivity index (χ3v) is 17.0. The van der Waals surface area contributed by atoms with Gasteiger partial charge in [0.2, 0.25) is 11.8 Å². The van der Waals surface area contributed by atoms with Crippen molar-refractivity contribution < 1.29 is 38.8 Å². The van der Waals surface area contributed by atoms with Crippen molar-refractivity contribution in [2.24, 2.45) is 5.92 Å². The average molecular weight is 785 g/mol. The number of nitrogens with zero attached hydrogens (tertiary/aromatic N) is 2. The number of benzene rings is 3. The molecule has 2 fully saturated rings. The summed E-state index contributed by atoms with van der Waals surface area (Å²) in [4.78, 5) is 46.6. The highest BCUT2D eigenvalue weighted by Gasteiger charge is 2.65. The smallest absolute Gasteiger partial charge is 0.261 e. The first-order chi connectivity index (χ1) is 27.0. The minimum Gasteiger partial charge on any atom is -0.497 e. The van der Waals surface area contributed by atoms with E-state index in [1.807, 2.05) is 55.5 Å². The Morgan fingerprint density at radius 2 is 1.82 bits per heavy atom. The quantitative estimate of drug-likeness (QED) is 0.136. The van der Waals surface area contributed by atoms with Gasteiger partial charge < -0.3 is 40.0 Å². The highest BCUT2D eigenvalue weighted by molar-refractivity contribution is 6.91. The Kier molecular flexibility index (Phi) is 11.6. The first-order valence-electron chi connectivity index (χ1n) is 20.1. The fourth-order valence-corrected chi connectivity index (χ4v) is 13.8. The number of amides is 3. The second-order valence-electron chi connectivity index (χ2n) is 16.1. The van der Waals surface area contributed by atoms with E-state index in [0.29, 0.717) is 49.5 Å². The van der Waals surface area contributed by atoms with Crippen molar-refractivity contribution in [3.63, 3.8) is 0 Å². The normalized spacial score (nSPS) is 25.7. The molecule has 13 heteroatoms. The van der Waals surface area contributed by atoms with Crippen LogP contribution in [0.4, 0.5) is 17.1 Å². The fraction of sp³-hybridized carbons (Fsp3) is 0.512. The molecule has 4 aliphatic heterocycles. The number of carbonyl (C=O) groups is 3. The van der Waals surface area contributed by atoms with E-state index in [2.05, 4.69) is 42.8 Å². The van der Waals surface area contributed by atoms with Crippen LogP contribution in [0.1, 0.15) is 57.1 Å².